The molecular formula is C28H31N3O5. The van der Waals surface area contributed by atoms with E-state index in [9.17, 15) is 9.90 Å². The fraction of sp³-hybridized carbons (Fsp3) is 0.357. The van der Waals surface area contributed by atoms with Crippen molar-refractivity contribution in [1.29, 1.82) is 0 Å². The first-order valence-electron chi connectivity index (χ1n) is 12.2. The molecule has 36 heavy (non-hydrogen) atoms. The second-order valence-electron chi connectivity index (χ2n) is 9.49. The molecule has 4 aromatic rings. The molecule has 2 aromatic carbocycles. The minimum atomic E-state index is -0.514. The minimum Gasteiger partial charge on any atom is -0.507 e. The standard InChI is InChI=1S/C28H31N3O5/c1-17(2)36-22-15-18(9-10-29-22)25(31-13-11-30(3)12-14-31)24-23-21(28(33)34-4)16-35-27(23)20-8-6-5-7-19(20)26(24)32/h5-10,15-17,25,32H,11-14H2,1-4H3. The molecule has 0 bridgehead atoms. The summed E-state index contributed by atoms with van der Waals surface area (Å²) in [5.74, 6) is 0.121. The average molecular weight is 490 g/mol. The lowest BCUT2D eigenvalue weighted by atomic mass is 9.89. The molecule has 1 unspecified atom stereocenters. The lowest BCUT2D eigenvalue weighted by Gasteiger charge is -2.39. The van der Waals surface area contributed by atoms with Crippen LogP contribution >= 0.6 is 0 Å². The van der Waals surface area contributed by atoms with Gasteiger partial charge in [0.1, 0.15) is 23.2 Å². The predicted octanol–water partition coefficient (Wildman–Crippen LogP) is 4.60. The Morgan fingerprint density at radius 3 is 2.53 bits per heavy atom. The number of fused-ring (bicyclic) bond motifs is 3. The van der Waals surface area contributed by atoms with E-state index in [0.717, 1.165) is 37.1 Å². The average Bonchev–Trinajstić information content (AvgIpc) is 3.32. The number of pyridine rings is 1. The summed E-state index contributed by atoms with van der Waals surface area (Å²) < 4.78 is 17.0. The van der Waals surface area contributed by atoms with Crippen LogP contribution in [-0.2, 0) is 4.74 Å². The highest BCUT2D eigenvalue weighted by Crippen LogP contribution is 2.46. The molecule has 1 fully saturated rings. The van der Waals surface area contributed by atoms with Crippen LogP contribution in [0.25, 0.3) is 21.7 Å². The summed E-state index contributed by atoms with van der Waals surface area (Å²) in [5.41, 5.74) is 2.36. The van der Waals surface area contributed by atoms with E-state index in [0.29, 0.717) is 27.8 Å². The van der Waals surface area contributed by atoms with Gasteiger partial charge in [-0.1, -0.05) is 24.3 Å². The number of hydrogen-bond donors (Lipinski definition) is 1. The summed E-state index contributed by atoms with van der Waals surface area (Å²) in [6.45, 7) is 7.23. The third kappa shape index (κ3) is 4.27. The quantitative estimate of drug-likeness (QED) is 0.393. The molecule has 188 valence electrons. The van der Waals surface area contributed by atoms with Gasteiger partial charge >= 0.3 is 5.97 Å². The number of carbonyl (C=O) groups excluding carboxylic acids is 1. The fourth-order valence-electron chi connectivity index (χ4n) is 5.04. The van der Waals surface area contributed by atoms with Crippen LogP contribution in [0.3, 0.4) is 0 Å². The molecule has 1 N–H and O–H groups in total. The van der Waals surface area contributed by atoms with Gasteiger partial charge in [-0.3, -0.25) is 4.90 Å². The number of phenolic OH excluding ortho intramolecular Hbond substituents is 1. The van der Waals surface area contributed by atoms with Gasteiger partial charge in [0.25, 0.3) is 0 Å². The lowest BCUT2D eigenvalue weighted by Crippen LogP contribution is -2.46. The Kier molecular flexibility index (Phi) is 6.55. The maximum Gasteiger partial charge on any atom is 0.341 e. The molecule has 1 saturated heterocycles. The van der Waals surface area contributed by atoms with E-state index >= 15 is 0 Å². The summed E-state index contributed by atoms with van der Waals surface area (Å²) in [4.78, 5) is 21.8. The molecule has 0 amide bonds. The Morgan fingerprint density at radius 1 is 1.11 bits per heavy atom. The van der Waals surface area contributed by atoms with Crippen molar-refractivity contribution in [1.82, 2.24) is 14.8 Å². The minimum absolute atomic E-state index is 0.0320. The number of aromatic hydroxyl groups is 1. The van der Waals surface area contributed by atoms with Gasteiger partial charge in [-0.05, 0) is 32.5 Å². The second-order valence-corrected chi connectivity index (χ2v) is 9.49. The van der Waals surface area contributed by atoms with Crippen LogP contribution in [0.2, 0.25) is 0 Å². The number of ether oxygens (including phenoxy) is 2. The zero-order valence-electron chi connectivity index (χ0n) is 21.0. The Bertz CT molecular complexity index is 1410. The van der Waals surface area contributed by atoms with E-state index in [1.54, 1.807) is 6.20 Å². The molecule has 8 heteroatoms. The number of piperazine rings is 1. The molecule has 1 aliphatic rings. The van der Waals surface area contributed by atoms with Gasteiger partial charge < -0.3 is 23.9 Å². The number of likely N-dealkylation sites (N-methyl/N-ethyl adjacent to an activating group) is 1. The topological polar surface area (TPSA) is 88.3 Å². The van der Waals surface area contributed by atoms with Gasteiger partial charge in [0, 0.05) is 60.2 Å². The maximum atomic E-state index is 12.8. The number of nitrogens with zero attached hydrogens (tertiary/aromatic N) is 3. The fourth-order valence-corrected chi connectivity index (χ4v) is 5.04. The lowest BCUT2D eigenvalue weighted by molar-refractivity contribution is 0.0601. The van der Waals surface area contributed by atoms with E-state index in [2.05, 4.69) is 21.8 Å². The molecule has 0 saturated carbocycles. The number of phenols is 1. The van der Waals surface area contributed by atoms with Crippen molar-refractivity contribution in [3.8, 4) is 11.6 Å². The third-order valence-electron chi connectivity index (χ3n) is 6.76. The van der Waals surface area contributed by atoms with Crippen LogP contribution < -0.4 is 4.74 Å². The second kappa shape index (κ2) is 9.79. The molecule has 0 radical (unpaired) electrons. The van der Waals surface area contributed by atoms with Crippen molar-refractivity contribution >= 4 is 27.7 Å². The van der Waals surface area contributed by atoms with Crippen LogP contribution in [0, 0.1) is 0 Å². The summed E-state index contributed by atoms with van der Waals surface area (Å²) in [6, 6.07) is 11.0. The van der Waals surface area contributed by atoms with Crippen LogP contribution in [0.15, 0.2) is 53.3 Å². The smallest absolute Gasteiger partial charge is 0.341 e. The Hall–Kier alpha value is -3.62. The van der Waals surface area contributed by atoms with Gasteiger partial charge in [0.05, 0.1) is 19.3 Å². The zero-order valence-corrected chi connectivity index (χ0v) is 21.0. The summed E-state index contributed by atoms with van der Waals surface area (Å²) >= 11 is 0. The molecule has 0 aliphatic carbocycles. The molecule has 5 rings (SSSR count). The maximum absolute atomic E-state index is 12.8. The number of methoxy groups -OCH3 is 1. The largest absolute Gasteiger partial charge is 0.507 e. The monoisotopic (exact) mass is 489 g/mol. The van der Waals surface area contributed by atoms with Crippen molar-refractivity contribution in [2.24, 2.45) is 0 Å². The molecule has 3 heterocycles. The number of rotatable bonds is 6. The third-order valence-corrected chi connectivity index (χ3v) is 6.76. The Morgan fingerprint density at radius 2 is 1.83 bits per heavy atom. The highest BCUT2D eigenvalue weighted by Gasteiger charge is 2.33. The van der Waals surface area contributed by atoms with E-state index in [1.165, 1.54) is 13.4 Å². The van der Waals surface area contributed by atoms with Crippen LogP contribution in [0.4, 0.5) is 0 Å². The van der Waals surface area contributed by atoms with Crippen molar-refractivity contribution in [2.75, 3.05) is 40.3 Å². The van der Waals surface area contributed by atoms with E-state index in [-0.39, 0.29) is 23.5 Å². The summed E-state index contributed by atoms with van der Waals surface area (Å²) in [7, 11) is 3.45. The van der Waals surface area contributed by atoms with Crippen molar-refractivity contribution < 1.29 is 23.8 Å². The highest BCUT2D eigenvalue weighted by atomic mass is 16.5. The first kappa shape index (κ1) is 24.1. The van der Waals surface area contributed by atoms with Crippen LogP contribution in [0.1, 0.15) is 41.4 Å². The molecule has 2 aromatic heterocycles. The van der Waals surface area contributed by atoms with E-state index in [4.69, 9.17) is 13.9 Å². The van der Waals surface area contributed by atoms with Crippen molar-refractivity contribution in [3.63, 3.8) is 0 Å². The SMILES string of the molecule is COC(=O)c1coc2c1c(C(c1ccnc(OC(C)C)c1)N1CCN(C)CC1)c(O)c1ccccc12. The molecule has 0 spiro atoms. The molecule has 8 nitrogen and oxygen atoms in total. The van der Waals surface area contributed by atoms with Gasteiger partial charge in [0.15, 0.2) is 0 Å². The number of esters is 1. The Labute approximate surface area is 210 Å². The molecule has 1 atom stereocenters. The normalized spacial score (nSPS) is 16.0. The van der Waals surface area contributed by atoms with Crippen LogP contribution in [-0.4, -0.2) is 72.3 Å². The van der Waals surface area contributed by atoms with Crippen molar-refractivity contribution in [3.05, 3.63) is 65.5 Å². The number of benzene rings is 2. The van der Waals surface area contributed by atoms with Crippen LogP contribution in [0.5, 0.6) is 11.6 Å². The first-order valence-corrected chi connectivity index (χ1v) is 12.2. The number of carbonyl (C=O) groups is 1. The molecular weight excluding hydrogens is 458 g/mol. The van der Waals surface area contributed by atoms with E-state index < -0.39 is 5.97 Å². The van der Waals surface area contributed by atoms with Gasteiger partial charge in [-0.15, -0.1) is 0 Å². The zero-order chi connectivity index (χ0) is 25.4. The van der Waals surface area contributed by atoms with Crippen molar-refractivity contribution in [2.45, 2.75) is 26.0 Å². The molecule has 1 aliphatic heterocycles. The van der Waals surface area contributed by atoms with Gasteiger partial charge in [0.2, 0.25) is 5.88 Å². The van der Waals surface area contributed by atoms with Gasteiger partial charge in [-0.25, -0.2) is 9.78 Å². The Balaban J connectivity index is 1.82. The summed E-state index contributed by atoms with van der Waals surface area (Å²) in [6.07, 6.45) is 3.12. The number of furan rings is 1. The van der Waals surface area contributed by atoms with Gasteiger partial charge in [-0.2, -0.15) is 0 Å². The number of aromatic nitrogens is 1. The first-order chi connectivity index (χ1) is 17.4. The predicted molar refractivity (Wildman–Crippen MR) is 138 cm³/mol. The summed E-state index contributed by atoms with van der Waals surface area (Å²) in [5, 5.41) is 13.8. The highest BCUT2D eigenvalue weighted by molar-refractivity contribution is 6.16. The number of hydrogen-bond acceptors (Lipinski definition) is 8. The van der Waals surface area contributed by atoms with E-state index in [1.807, 2.05) is 50.2 Å².